The number of hydrogen-bond donors (Lipinski definition) is 1. The molecular formula is C25H30N6O2S. The highest BCUT2D eigenvalue weighted by molar-refractivity contribution is 7.71. The lowest BCUT2D eigenvalue weighted by Crippen LogP contribution is -2.45. The molecule has 5 rings (SSSR count). The van der Waals surface area contributed by atoms with E-state index in [1.54, 1.807) is 0 Å². The molecule has 2 saturated heterocycles. The lowest BCUT2D eigenvalue weighted by Gasteiger charge is -2.32. The van der Waals surface area contributed by atoms with Crippen LogP contribution in [0, 0.1) is 4.77 Å². The summed E-state index contributed by atoms with van der Waals surface area (Å²) in [5.41, 5.74) is 1.72. The molecule has 2 aliphatic rings. The number of amides is 1. The predicted molar refractivity (Wildman–Crippen MR) is 134 cm³/mol. The van der Waals surface area contributed by atoms with E-state index < -0.39 is 0 Å². The maximum atomic E-state index is 12.5. The fourth-order valence-electron chi connectivity index (χ4n) is 4.53. The lowest BCUT2D eigenvalue weighted by atomic mass is 10.0. The first kappa shape index (κ1) is 22.8. The Morgan fingerprint density at radius 1 is 0.971 bits per heavy atom. The number of morpholine rings is 1. The highest BCUT2D eigenvalue weighted by atomic mass is 32.1. The van der Waals surface area contributed by atoms with Crippen LogP contribution in [0.25, 0.3) is 5.69 Å². The van der Waals surface area contributed by atoms with Gasteiger partial charge in [0.15, 0.2) is 0 Å². The zero-order chi connectivity index (χ0) is 23.3. The van der Waals surface area contributed by atoms with Crippen LogP contribution in [0.4, 0.5) is 5.95 Å². The summed E-state index contributed by atoms with van der Waals surface area (Å²) in [6, 6.07) is 19.8. The summed E-state index contributed by atoms with van der Waals surface area (Å²) in [4.78, 5) is 17.1. The van der Waals surface area contributed by atoms with E-state index in [0.717, 1.165) is 50.7 Å². The third-order valence-electron chi connectivity index (χ3n) is 6.42. The van der Waals surface area contributed by atoms with Gasteiger partial charge in [-0.1, -0.05) is 36.4 Å². The first-order valence-corrected chi connectivity index (χ1v) is 12.3. The van der Waals surface area contributed by atoms with Crippen molar-refractivity contribution in [2.24, 2.45) is 0 Å². The Labute approximate surface area is 204 Å². The molecule has 3 heterocycles. The molecule has 0 radical (unpaired) electrons. The van der Waals surface area contributed by atoms with Gasteiger partial charge in [0.05, 0.1) is 25.6 Å². The minimum absolute atomic E-state index is 0.00183. The molecule has 0 saturated carbocycles. The molecule has 2 aromatic carbocycles. The third kappa shape index (κ3) is 5.06. The van der Waals surface area contributed by atoms with Crippen molar-refractivity contribution in [3.05, 3.63) is 71.0 Å². The quantitative estimate of drug-likeness (QED) is 0.550. The maximum absolute atomic E-state index is 12.5. The number of hydrogen-bond acceptors (Lipinski definition) is 6. The average Bonchev–Trinajstić information content (AvgIpc) is 3.22. The summed E-state index contributed by atoms with van der Waals surface area (Å²) in [5.74, 6) is 0.863. The molecule has 2 fully saturated rings. The van der Waals surface area contributed by atoms with Crippen molar-refractivity contribution >= 4 is 24.1 Å². The second-order valence-corrected chi connectivity index (χ2v) is 9.09. The van der Waals surface area contributed by atoms with Crippen LogP contribution < -0.4 is 10.2 Å². The van der Waals surface area contributed by atoms with Crippen LogP contribution in [0.3, 0.4) is 0 Å². The molecule has 0 aliphatic carbocycles. The van der Waals surface area contributed by atoms with Gasteiger partial charge in [0.2, 0.25) is 10.7 Å². The summed E-state index contributed by atoms with van der Waals surface area (Å²) in [6.07, 6.45) is 1.81. The molecule has 0 spiro atoms. The smallest absolute Gasteiger partial charge is 0.251 e. The van der Waals surface area contributed by atoms with E-state index in [1.807, 2.05) is 53.2 Å². The number of nitrogens with zero attached hydrogens (tertiary/aromatic N) is 5. The number of piperidine rings is 1. The zero-order valence-electron chi connectivity index (χ0n) is 19.2. The largest absolute Gasteiger partial charge is 0.378 e. The summed E-state index contributed by atoms with van der Waals surface area (Å²) < 4.78 is 10.2. The number of para-hydroxylation sites is 1. The van der Waals surface area contributed by atoms with Crippen molar-refractivity contribution in [3.8, 4) is 5.69 Å². The van der Waals surface area contributed by atoms with Crippen LogP contribution in [0.1, 0.15) is 23.2 Å². The van der Waals surface area contributed by atoms with Gasteiger partial charge in [-0.2, -0.15) is 0 Å². The monoisotopic (exact) mass is 478 g/mol. The van der Waals surface area contributed by atoms with Crippen LogP contribution in [0.5, 0.6) is 0 Å². The number of benzene rings is 2. The molecule has 0 bridgehead atoms. The standard InChI is InChI=1S/C25H30N6O2S/c32-23(20-7-3-1-4-8-20)26-21-11-13-28(14-12-21)19-30-25(34)31(22-9-5-2-6-10-22)24(27-30)29-15-17-33-18-16-29/h1-10,21H,11-19H2,(H,26,32). The highest BCUT2D eigenvalue weighted by Crippen LogP contribution is 2.22. The van der Waals surface area contributed by atoms with Gasteiger partial charge in [-0.05, 0) is 49.3 Å². The highest BCUT2D eigenvalue weighted by Gasteiger charge is 2.24. The molecule has 1 amide bonds. The molecular weight excluding hydrogens is 448 g/mol. The van der Waals surface area contributed by atoms with Crippen molar-refractivity contribution in [1.82, 2.24) is 24.6 Å². The molecule has 2 aliphatic heterocycles. The molecule has 1 aromatic heterocycles. The van der Waals surface area contributed by atoms with Crippen molar-refractivity contribution in [3.63, 3.8) is 0 Å². The lowest BCUT2D eigenvalue weighted by molar-refractivity contribution is 0.0896. The third-order valence-corrected chi connectivity index (χ3v) is 6.82. The number of anilines is 1. The van der Waals surface area contributed by atoms with E-state index in [-0.39, 0.29) is 11.9 Å². The Balaban J connectivity index is 1.27. The van der Waals surface area contributed by atoms with Crippen molar-refractivity contribution in [2.45, 2.75) is 25.6 Å². The Morgan fingerprint density at radius 2 is 1.62 bits per heavy atom. The van der Waals surface area contributed by atoms with Gasteiger partial charge < -0.3 is 15.0 Å². The van der Waals surface area contributed by atoms with Crippen LogP contribution >= 0.6 is 12.2 Å². The fraction of sp³-hybridized carbons (Fsp3) is 0.400. The van der Waals surface area contributed by atoms with E-state index in [0.29, 0.717) is 30.2 Å². The van der Waals surface area contributed by atoms with E-state index in [1.165, 1.54) is 0 Å². The number of likely N-dealkylation sites (tertiary alicyclic amines) is 1. The van der Waals surface area contributed by atoms with Gasteiger partial charge in [0.1, 0.15) is 0 Å². The van der Waals surface area contributed by atoms with E-state index in [2.05, 4.69) is 31.8 Å². The fourth-order valence-corrected chi connectivity index (χ4v) is 4.81. The van der Waals surface area contributed by atoms with Crippen LogP contribution in [0.2, 0.25) is 0 Å². The molecule has 3 aromatic rings. The number of carbonyl (C=O) groups excluding carboxylic acids is 1. The molecule has 1 N–H and O–H groups in total. The van der Waals surface area contributed by atoms with Crippen LogP contribution in [-0.2, 0) is 11.4 Å². The zero-order valence-corrected chi connectivity index (χ0v) is 20.0. The predicted octanol–water partition coefficient (Wildman–Crippen LogP) is 3.09. The molecule has 34 heavy (non-hydrogen) atoms. The van der Waals surface area contributed by atoms with Crippen LogP contribution in [-0.4, -0.2) is 70.6 Å². The van der Waals surface area contributed by atoms with Gasteiger partial charge >= 0.3 is 0 Å². The topological polar surface area (TPSA) is 67.6 Å². The summed E-state index contributed by atoms with van der Waals surface area (Å²) >= 11 is 5.89. The summed E-state index contributed by atoms with van der Waals surface area (Å²) in [5, 5.41) is 8.12. The minimum atomic E-state index is -0.00183. The van der Waals surface area contributed by atoms with Crippen molar-refractivity contribution < 1.29 is 9.53 Å². The number of nitrogens with one attached hydrogen (secondary N) is 1. The number of carbonyl (C=O) groups is 1. The maximum Gasteiger partial charge on any atom is 0.251 e. The second-order valence-electron chi connectivity index (χ2n) is 8.73. The van der Waals surface area contributed by atoms with E-state index in [4.69, 9.17) is 22.1 Å². The second kappa shape index (κ2) is 10.5. The Morgan fingerprint density at radius 3 is 2.29 bits per heavy atom. The number of ether oxygens (including phenoxy) is 1. The van der Waals surface area contributed by atoms with Crippen LogP contribution in [0.15, 0.2) is 60.7 Å². The molecule has 0 atom stereocenters. The van der Waals surface area contributed by atoms with Gasteiger partial charge in [0.25, 0.3) is 5.91 Å². The normalized spacial score (nSPS) is 17.6. The van der Waals surface area contributed by atoms with E-state index >= 15 is 0 Å². The first-order valence-electron chi connectivity index (χ1n) is 11.9. The Kier molecular flexibility index (Phi) is 7.03. The molecule has 8 nitrogen and oxygen atoms in total. The Hall–Kier alpha value is -3.01. The van der Waals surface area contributed by atoms with E-state index in [9.17, 15) is 4.79 Å². The number of aromatic nitrogens is 3. The average molecular weight is 479 g/mol. The van der Waals surface area contributed by atoms with Gasteiger partial charge in [0, 0.05) is 37.8 Å². The van der Waals surface area contributed by atoms with Gasteiger partial charge in [-0.15, -0.1) is 5.10 Å². The Bertz CT molecular complexity index is 1150. The van der Waals surface area contributed by atoms with Crippen molar-refractivity contribution in [1.29, 1.82) is 0 Å². The summed E-state index contributed by atoms with van der Waals surface area (Å²) in [7, 11) is 0. The SMILES string of the molecule is O=C(NC1CCN(Cn2nc(N3CCOCC3)n(-c3ccccc3)c2=S)CC1)c1ccccc1. The minimum Gasteiger partial charge on any atom is -0.378 e. The molecule has 178 valence electrons. The molecule has 9 heteroatoms. The van der Waals surface area contributed by atoms with Gasteiger partial charge in [-0.25, -0.2) is 4.68 Å². The summed E-state index contributed by atoms with van der Waals surface area (Å²) in [6.45, 7) is 5.37. The molecule has 0 unspecified atom stereocenters. The first-order chi connectivity index (χ1) is 16.7. The van der Waals surface area contributed by atoms with Crippen molar-refractivity contribution in [2.75, 3.05) is 44.3 Å². The van der Waals surface area contributed by atoms with Gasteiger partial charge in [-0.3, -0.25) is 14.3 Å². The number of rotatable bonds is 6.